The first-order valence-electron chi connectivity index (χ1n) is 11.7. The molecule has 1 saturated carbocycles. The molecule has 1 fully saturated rings. The molecular formula is C26H29ClN4O2S. The number of carbonyl (C=O) groups is 1. The number of aliphatic hydroxyl groups excluding tert-OH is 1. The normalized spacial score (nSPS) is 24.7. The summed E-state index contributed by atoms with van der Waals surface area (Å²) in [7, 11) is 2.12. The van der Waals surface area contributed by atoms with E-state index in [1.54, 1.807) is 6.20 Å². The zero-order chi connectivity index (χ0) is 24.0. The van der Waals surface area contributed by atoms with Crippen LogP contribution >= 0.6 is 22.9 Å². The van der Waals surface area contributed by atoms with Gasteiger partial charge >= 0.3 is 0 Å². The molecule has 1 aromatic carbocycles. The summed E-state index contributed by atoms with van der Waals surface area (Å²) >= 11 is 7.86. The molecule has 0 bridgehead atoms. The summed E-state index contributed by atoms with van der Waals surface area (Å²) in [6, 6.07) is 8.30. The third-order valence-corrected chi connectivity index (χ3v) is 8.49. The molecule has 2 aromatic heterocycles. The zero-order valence-electron chi connectivity index (χ0n) is 19.6. The largest absolute Gasteiger partial charge is 0.393 e. The first-order valence-corrected chi connectivity index (χ1v) is 12.9. The fraction of sp³-hybridized carbons (Fsp3) is 0.423. The molecule has 5 rings (SSSR count). The number of carbonyl (C=O) groups excluding carboxylic acids is 1. The highest BCUT2D eigenvalue weighted by Crippen LogP contribution is 2.40. The van der Waals surface area contributed by atoms with E-state index in [0.717, 1.165) is 34.8 Å². The van der Waals surface area contributed by atoms with E-state index in [4.69, 9.17) is 11.6 Å². The molecule has 0 saturated heterocycles. The highest BCUT2D eigenvalue weighted by molar-refractivity contribution is 7.14. The van der Waals surface area contributed by atoms with Crippen molar-refractivity contribution in [3.63, 3.8) is 0 Å². The van der Waals surface area contributed by atoms with Crippen LogP contribution in [0.1, 0.15) is 62.6 Å². The molecule has 3 aromatic rings. The van der Waals surface area contributed by atoms with E-state index in [9.17, 15) is 9.90 Å². The van der Waals surface area contributed by atoms with Crippen molar-refractivity contribution in [2.45, 2.75) is 51.3 Å². The Morgan fingerprint density at radius 2 is 2.09 bits per heavy atom. The molecule has 1 aliphatic carbocycles. The van der Waals surface area contributed by atoms with Crippen molar-refractivity contribution in [3.05, 3.63) is 73.8 Å². The molecule has 2 aliphatic rings. The Bertz CT molecular complexity index is 1220. The molecule has 3 heterocycles. The SMILES string of the molecule is Cc1sc(C(=O)c2cncnc2N[C@@H]2C[C@@H](C)[C@H](O)C2)cc1[C@H]1c2cc(Cl)ccc2CCN1C. The number of aromatic nitrogens is 2. The lowest BCUT2D eigenvalue weighted by atomic mass is 9.88. The minimum absolute atomic E-state index is 0.0614. The maximum Gasteiger partial charge on any atom is 0.208 e. The van der Waals surface area contributed by atoms with Crippen LogP contribution in [0.4, 0.5) is 5.82 Å². The van der Waals surface area contributed by atoms with Crippen molar-refractivity contribution in [1.82, 2.24) is 14.9 Å². The number of aryl methyl sites for hydroxylation is 1. The molecule has 6 nitrogen and oxygen atoms in total. The van der Waals surface area contributed by atoms with E-state index in [-0.39, 0.29) is 29.9 Å². The lowest BCUT2D eigenvalue weighted by molar-refractivity contribution is 0.104. The molecule has 2 N–H and O–H groups in total. The zero-order valence-corrected chi connectivity index (χ0v) is 21.2. The number of fused-ring (bicyclic) bond motifs is 1. The lowest BCUT2D eigenvalue weighted by Crippen LogP contribution is -2.33. The molecular weight excluding hydrogens is 468 g/mol. The number of halogens is 1. The van der Waals surface area contributed by atoms with Crippen molar-refractivity contribution in [2.75, 3.05) is 18.9 Å². The number of rotatable bonds is 5. The second-order valence-electron chi connectivity index (χ2n) is 9.57. The van der Waals surface area contributed by atoms with Crippen LogP contribution in [0.25, 0.3) is 0 Å². The minimum atomic E-state index is -0.329. The number of likely N-dealkylation sites (N-methyl/N-ethyl adjacent to an activating group) is 1. The third kappa shape index (κ3) is 4.38. The van der Waals surface area contributed by atoms with Crippen molar-refractivity contribution in [3.8, 4) is 0 Å². The van der Waals surface area contributed by atoms with E-state index in [0.29, 0.717) is 22.7 Å². The van der Waals surface area contributed by atoms with Crippen molar-refractivity contribution < 1.29 is 9.90 Å². The van der Waals surface area contributed by atoms with Gasteiger partial charge in [-0.3, -0.25) is 9.69 Å². The molecule has 0 spiro atoms. The van der Waals surface area contributed by atoms with Crippen LogP contribution < -0.4 is 5.32 Å². The van der Waals surface area contributed by atoms with E-state index in [2.05, 4.69) is 46.3 Å². The number of nitrogens with zero attached hydrogens (tertiary/aromatic N) is 3. The standard InChI is InChI=1S/C26H29ClN4O2S/c1-14-8-18(10-22(14)32)30-26-21(12-28-13-29-26)25(33)23-11-19(15(2)34-23)24-20-9-17(27)5-4-16(20)6-7-31(24)3/h4-5,9,11-14,18,22,24,32H,6-8,10H2,1-3H3,(H,28,29,30)/t14-,18-,22-,24+/m1/s1. The van der Waals surface area contributed by atoms with Gasteiger partial charge in [-0.15, -0.1) is 11.3 Å². The van der Waals surface area contributed by atoms with Gasteiger partial charge in [0, 0.05) is 28.7 Å². The topological polar surface area (TPSA) is 78.3 Å². The van der Waals surface area contributed by atoms with E-state index >= 15 is 0 Å². The summed E-state index contributed by atoms with van der Waals surface area (Å²) in [5.41, 5.74) is 4.12. The summed E-state index contributed by atoms with van der Waals surface area (Å²) < 4.78 is 0. The maximum atomic E-state index is 13.6. The van der Waals surface area contributed by atoms with E-state index < -0.39 is 0 Å². The lowest BCUT2D eigenvalue weighted by Gasteiger charge is -2.35. The van der Waals surface area contributed by atoms with Crippen LogP contribution in [0, 0.1) is 12.8 Å². The third-order valence-electron chi connectivity index (χ3n) is 7.19. The Balaban J connectivity index is 1.46. The van der Waals surface area contributed by atoms with Gasteiger partial charge in [-0.2, -0.15) is 0 Å². The number of nitrogens with one attached hydrogen (secondary N) is 1. The highest BCUT2D eigenvalue weighted by atomic mass is 35.5. The quantitative estimate of drug-likeness (QED) is 0.490. The summed E-state index contributed by atoms with van der Waals surface area (Å²) in [6.07, 6.45) is 5.19. The van der Waals surface area contributed by atoms with Crippen LogP contribution in [0.2, 0.25) is 5.02 Å². The molecule has 0 unspecified atom stereocenters. The van der Waals surface area contributed by atoms with Crippen LogP contribution in [0.3, 0.4) is 0 Å². The second kappa shape index (κ2) is 9.38. The predicted octanol–water partition coefficient (Wildman–Crippen LogP) is 4.88. The average Bonchev–Trinajstić information content (AvgIpc) is 3.34. The maximum absolute atomic E-state index is 13.6. The Kier molecular flexibility index (Phi) is 6.46. The molecule has 34 heavy (non-hydrogen) atoms. The number of thiophene rings is 1. The molecule has 178 valence electrons. The van der Waals surface area contributed by atoms with Gasteiger partial charge in [0.05, 0.1) is 22.6 Å². The van der Waals surface area contributed by atoms with Crippen molar-refractivity contribution in [1.29, 1.82) is 0 Å². The monoisotopic (exact) mass is 496 g/mol. The van der Waals surface area contributed by atoms with Gasteiger partial charge in [0.25, 0.3) is 0 Å². The molecule has 8 heteroatoms. The highest BCUT2D eigenvalue weighted by Gasteiger charge is 2.32. The number of ketones is 1. The smallest absolute Gasteiger partial charge is 0.208 e. The van der Waals surface area contributed by atoms with Crippen LogP contribution in [-0.2, 0) is 6.42 Å². The number of anilines is 1. The van der Waals surface area contributed by atoms with Crippen molar-refractivity contribution >= 4 is 34.5 Å². The van der Waals surface area contributed by atoms with Gasteiger partial charge < -0.3 is 10.4 Å². The molecule has 4 atom stereocenters. The van der Waals surface area contributed by atoms with Gasteiger partial charge in [-0.25, -0.2) is 9.97 Å². The van der Waals surface area contributed by atoms with Crippen LogP contribution in [0.15, 0.2) is 36.8 Å². The fourth-order valence-electron chi connectivity index (χ4n) is 5.28. The first-order chi connectivity index (χ1) is 16.3. The summed E-state index contributed by atoms with van der Waals surface area (Å²) in [5.74, 6) is 0.675. The average molecular weight is 497 g/mol. The summed E-state index contributed by atoms with van der Waals surface area (Å²) in [4.78, 5) is 26.2. The number of aliphatic hydroxyl groups is 1. The minimum Gasteiger partial charge on any atom is -0.393 e. The van der Waals surface area contributed by atoms with Crippen LogP contribution in [-0.4, -0.2) is 51.5 Å². The fourth-order valence-corrected chi connectivity index (χ4v) is 6.46. The molecule has 1 aliphatic heterocycles. The van der Waals surface area contributed by atoms with Crippen LogP contribution in [0.5, 0.6) is 0 Å². The Morgan fingerprint density at radius 1 is 1.26 bits per heavy atom. The second-order valence-corrected chi connectivity index (χ2v) is 11.3. The Hall–Kier alpha value is -2.32. The van der Waals surface area contributed by atoms with Gasteiger partial charge in [0.1, 0.15) is 12.1 Å². The summed E-state index contributed by atoms with van der Waals surface area (Å²) in [6.45, 7) is 5.07. The van der Waals surface area contributed by atoms with Gasteiger partial charge in [-0.05, 0) is 74.0 Å². The predicted molar refractivity (Wildman–Crippen MR) is 136 cm³/mol. The van der Waals surface area contributed by atoms with Gasteiger partial charge in [0.15, 0.2) is 0 Å². The number of hydrogen-bond acceptors (Lipinski definition) is 7. The number of hydrogen-bond donors (Lipinski definition) is 2. The van der Waals surface area contributed by atoms with Crippen molar-refractivity contribution in [2.24, 2.45) is 5.92 Å². The van der Waals surface area contributed by atoms with Gasteiger partial charge in [0.2, 0.25) is 5.78 Å². The molecule has 0 radical (unpaired) electrons. The molecule has 0 amide bonds. The van der Waals surface area contributed by atoms with E-state index in [1.807, 2.05) is 19.1 Å². The van der Waals surface area contributed by atoms with E-state index in [1.165, 1.54) is 28.8 Å². The Labute approximate surface area is 209 Å². The number of benzene rings is 1. The Morgan fingerprint density at radius 3 is 2.85 bits per heavy atom. The van der Waals surface area contributed by atoms with Gasteiger partial charge in [-0.1, -0.05) is 24.6 Å². The first kappa shape index (κ1) is 23.4. The summed E-state index contributed by atoms with van der Waals surface area (Å²) in [5, 5.41) is 14.2.